The molecule has 1 aliphatic heterocycles. The summed E-state index contributed by atoms with van der Waals surface area (Å²) in [5.41, 5.74) is 4.29. The normalized spacial score (nSPS) is 15.3. The highest BCUT2D eigenvalue weighted by Crippen LogP contribution is 2.18. The number of benzene rings is 1. The molecule has 126 valence electrons. The van der Waals surface area contributed by atoms with E-state index < -0.39 is 0 Å². The maximum atomic E-state index is 12.5. The average Bonchev–Trinajstić information content (AvgIpc) is 2.60. The summed E-state index contributed by atoms with van der Waals surface area (Å²) >= 11 is 0. The maximum absolute atomic E-state index is 12.5. The molecule has 1 saturated heterocycles. The molecule has 2 heterocycles. The number of urea groups is 1. The Morgan fingerprint density at radius 2 is 1.88 bits per heavy atom. The van der Waals surface area contributed by atoms with Gasteiger partial charge in [0.2, 0.25) is 0 Å². The van der Waals surface area contributed by atoms with Gasteiger partial charge < -0.3 is 10.2 Å². The zero-order valence-electron chi connectivity index (χ0n) is 14.3. The van der Waals surface area contributed by atoms with E-state index in [1.54, 1.807) is 0 Å². The lowest BCUT2D eigenvalue weighted by molar-refractivity contribution is 0.142. The van der Waals surface area contributed by atoms with Gasteiger partial charge in [0.1, 0.15) is 0 Å². The fraction of sp³-hybridized carbons (Fsp3) is 0.368. The minimum atomic E-state index is -0.0128. The number of hydrogen-bond acceptors (Lipinski definition) is 3. The number of rotatable bonds is 3. The molecule has 0 unspecified atom stereocenters. The van der Waals surface area contributed by atoms with Crippen LogP contribution in [0.1, 0.15) is 16.8 Å². The fourth-order valence-corrected chi connectivity index (χ4v) is 2.91. The van der Waals surface area contributed by atoms with Crippen molar-refractivity contribution in [1.82, 2.24) is 14.8 Å². The molecule has 2 aromatic rings. The number of pyridine rings is 1. The summed E-state index contributed by atoms with van der Waals surface area (Å²) in [6.45, 7) is 8.16. The van der Waals surface area contributed by atoms with E-state index >= 15 is 0 Å². The SMILES string of the molecule is Cc1cccc(NC(=O)N2CCN(Cc3ccccn3)CC2)c1C. The summed E-state index contributed by atoms with van der Waals surface area (Å²) in [5, 5.41) is 3.04. The van der Waals surface area contributed by atoms with Crippen LogP contribution in [0.2, 0.25) is 0 Å². The van der Waals surface area contributed by atoms with E-state index in [4.69, 9.17) is 0 Å². The van der Waals surface area contributed by atoms with Crippen molar-refractivity contribution in [3.8, 4) is 0 Å². The third kappa shape index (κ3) is 3.92. The standard InChI is InChI=1S/C19H24N4O/c1-15-6-5-8-18(16(15)2)21-19(24)23-12-10-22(11-13-23)14-17-7-3-4-9-20-17/h3-9H,10-14H2,1-2H3,(H,21,24). The lowest BCUT2D eigenvalue weighted by Crippen LogP contribution is -2.49. The second kappa shape index (κ2) is 7.45. The van der Waals surface area contributed by atoms with E-state index in [0.717, 1.165) is 49.7 Å². The van der Waals surface area contributed by atoms with Crippen molar-refractivity contribution in [3.63, 3.8) is 0 Å². The third-order valence-corrected chi connectivity index (χ3v) is 4.62. The van der Waals surface area contributed by atoms with Crippen LogP contribution >= 0.6 is 0 Å². The minimum absolute atomic E-state index is 0.0128. The molecule has 0 radical (unpaired) electrons. The Morgan fingerprint density at radius 1 is 1.08 bits per heavy atom. The van der Waals surface area contributed by atoms with Crippen molar-refractivity contribution in [3.05, 3.63) is 59.4 Å². The molecule has 3 rings (SSSR count). The summed E-state index contributed by atoms with van der Waals surface area (Å²) in [5.74, 6) is 0. The van der Waals surface area contributed by atoms with E-state index in [1.807, 2.05) is 48.4 Å². The molecule has 1 aromatic carbocycles. The second-order valence-corrected chi connectivity index (χ2v) is 6.26. The first kappa shape index (κ1) is 16.5. The summed E-state index contributed by atoms with van der Waals surface area (Å²) in [6.07, 6.45) is 1.82. The summed E-state index contributed by atoms with van der Waals surface area (Å²) in [6, 6.07) is 12.0. The van der Waals surface area contributed by atoms with Gasteiger partial charge in [-0.05, 0) is 43.2 Å². The van der Waals surface area contributed by atoms with Crippen molar-refractivity contribution in [2.75, 3.05) is 31.5 Å². The Kier molecular flexibility index (Phi) is 5.11. The number of anilines is 1. The quantitative estimate of drug-likeness (QED) is 0.944. The van der Waals surface area contributed by atoms with E-state index in [1.165, 1.54) is 5.56 Å². The topological polar surface area (TPSA) is 48.5 Å². The second-order valence-electron chi connectivity index (χ2n) is 6.26. The maximum Gasteiger partial charge on any atom is 0.321 e. The van der Waals surface area contributed by atoms with Crippen molar-refractivity contribution in [2.45, 2.75) is 20.4 Å². The summed E-state index contributed by atoms with van der Waals surface area (Å²) in [7, 11) is 0. The Bertz CT molecular complexity index is 694. The van der Waals surface area contributed by atoms with E-state index in [0.29, 0.717) is 0 Å². The molecule has 24 heavy (non-hydrogen) atoms. The Labute approximate surface area is 143 Å². The summed E-state index contributed by atoms with van der Waals surface area (Å²) < 4.78 is 0. The third-order valence-electron chi connectivity index (χ3n) is 4.62. The van der Waals surface area contributed by atoms with Crippen LogP contribution in [0, 0.1) is 13.8 Å². The molecule has 0 atom stereocenters. The zero-order valence-corrected chi connectivity index (χ0v) is 14.3. The first-order valence-electron chi connectivity index (χ1n) is 8.38. The van der Waals surface area contributed by atoms with Crippen molar-refractivity contribution in [1.29, 1.82) is 0 Å². The number of nitrogens with zero attached hydrogens (tertiary/aromatic N) is 3. The van der Waals surface area contributed by atoms with Crippen LogP contribution in [0.4, 0.5) is 10.5 Å². The van der Waals surface area contributed by atoms with E-state index in [9.17, 15) is 4.79 Å². The number of nitrogens with one attached hydrogen (secondary N) is 1. The number of aromatic nitrogens is 1. The largest absolute Gasteiger partial charge is 0.322 e. The van der Waals surface area contributed by atoms with Gasteiger partial charge in [-0.1, -0.05) is 18.2 Å². The molecule has 5 heteroatoms. The van der Waals surface area contributed by atoms with Crippen LogP contribution in [0.3, 0.4) is 0 Å². The van der Waals surface area contributed by atoms with Crippen LogP contribution in [0.5, 0.6) is 0 Å². The van der Waals surface area contributed by atoms with Gasteiger partial charge >= 0.3 is 6.03 Å². The first-order valence-corrected chi connectivity index (χ1v) is 8.38. The molecular weight excluding hydrogens is 300 g/mol. The van der Waals surface area contributed by atoms with Crippen molar-refractivity contribution < 1.29 is 4.79 Å². The van der Waals surface area contributed by atoms with E-state index in [-0.39, 0.29) is 6.03 Å². The highest BCUT2D eigenvalue weighted by atomic mass is 16.2. The Morgan fingerprint density at radius 3 is 2.58 bits per heavy atom. The van der Waals surface area contributed by atoms with Crippen molar-refractivity contribution in [2.24, 2.45) is 0 Å². The molecule has 1 aliphatic rings. The highest BCUT2D eigenvalue weighted by molar-refractivity contribution is 5.90. The lowest BCUT2D eigenvalue weighted by atomic mass is 10.1. The molecule has 1 N–H and O–H groups in total. The van der Waals surface area contributed by atoms with Gasteiger partial charge in [0.25, 0.3) is 0 Å². The number of amides is 2. The molecule has 1 fully saturated rings. The van der Waals surface area contributed by atoms with Crippen LogP contribution in [0.15, 0.2) is 42.6 Å². The predicted octanol–water partition coefficient (Wildman–Crippen LogP) is 3.05. The smallest absolute Gasteiger partial charge is 0.321 e. The zero-order chi connectivity index (χ0) is 16.9. The van der Waals surface area contributed by atoms with Gasteiger partial charge in [0.15, 0.2) is 0 Å². The molecule has 0 bridgehead atoms. The molecular formula is C19H24N4O. The first-order chi connectivity index (χ1) is 11.6. The lowest BCUT2D eigenvalue weighted by Gasteiger charge is -2.34. The number of carbonyl (C=O) groups is 1. The minimum Gasteiger partial charge on any atom is -0.322 e. The van der Waals surface area contributed by atoms with Crippen LogP contribution in [0.25, 0.3) is 0 Å². The van der Waals surface area contributed by atoms with Gasteiger partial charge in [-0.2, -0.15) is 0 Å². The number of aryl methyl sites for hydroxylation is 1. The van der Waals surface area contributed by atoms with Gasteiger partial charge in [-0.3, -0.25) is 9.88 Å². The fourth-order valence-electron chi connectivity index (χ4n) is 2.91. The van der Waals surface area contributed by atoms with Gasteiger partial charge in [0.05, 0.1) is 5.69 Å². The van der Waals surface area contributed by atoms with Gasteiger partial charge in [-0.25, -0.2) is 4.79 Å². The van der Waals surface area contributed by atoms with Crippen LogP contribution in [-0.2, 0) is 6.54 Å². The molecule has 5 nitrogen and oxygen atoms in total. The number of piperazine rings is 1. The average molecular weight is 324 g/mol. The number of carbonyl (C=O) groups excluding carboxylic acids is 1. The summed E-state index contributed by atoms with van der Waals surface area (Å²) in [4.78, 5) is 21.1. The Hall–Kier alpha value is -2.40. The van der Waals surface area contributed by atoms with Gasteiger partial charge in [-0.15, -0.1) is 0 Å². The van der Waals surface area contributed by atoms with Crippen LogP contribution < -0.4 is 5.32 Å². The predicted molar refractivity (Wildman–Crippen MR) is 96.0 cm³/mol. The van der Waals surface area contributed by atoms with E-state index in [2.05, 4.69) is 28.2 Å². The molecule has 2 amide bonds. The monoisotopic (exact) mass is 324 g/mol. The van der Waals surface area contributed by atoms with Crippen molar-refractivity contribution >= 4 is 11.7 Å². The highest BCUT2D eigenvalue weighted by Gasteiger charge is 2.21. The Balaban J connectivity index is 1.52. The van der Waals surface area contributed by atoms with Gasteiger partial charge in [0, 0.05) is 44.6 Å². The number of hydrogen-bond donors (Lipinski definition) is 1. The molecule has 0 aliphatic carbocycles. The molecule has 1 aromatic heterocycles. The molecule has 0 spiro atoms. The molecule has 0 saturated carbocycles. The van der Waals surface area contributed by atoms with Crippen LogP contribution in [-0.4, -0.2) is 47.0 Å².